The first-order chi connectivity index (χ1) is 10.4. The largest absolute Gasteiger partial charge is 0.471 e. The predicted molar refractivity (Wildman–Crippen MR) is 80.7 cm³/mol. The molecule has 2 saturated carbocycles. The number of nitrogens with one attached hydrogen (secondary N) is 1. The number of hydrogen-bond acceptors (Lipinski definition) is 3. The maximum atomic E-state index is 12.3. The van der Waals surface area contributed by atoms with Gasteiger partial charge in [0.25, 0.3) is 0 Å². The molecule has 0 spiro atoms. The zero-order valence-electron chi connectivity index (χ0n) is 12.4. The van der Waals surface area contributed by atoms with Crippen molar-refractivity contribution in [1.82, 2.24) is 5.32 Å². The summed E-state index contributed by atoms with van der Waals surface area (Å²) in [5, 5.41) is 2.29. The maximum absolute atomic E-state index is 12.3. The van der Waals surface area contributed by atoms with Gasteiger partial charge in [-0.3, -0.25) is 15.1 Å². The number of amidine groups is 1. The van der Waals surface area contributed by atoms with Gasteiger partial charge in [0, 0.05) is 5.25 Å². The minimum atomic E-state index is -4.85. The number of amides is 1. The summed E-state index contributed by atoms with van der Waals surface area (Å²) in [5.74, 6) is -0.312. The Kier molecular flexibility index (Phi) is 4.71. The van der Waals surface area contributed by atoms with Crippen LogP contribution in [0.5, 0.6) is 0 Å². The molecular formula is C15H21F3N2OS. The Morgan fingerprint density at radius 1 is 1.05 bits per heavy atom. The average Bonchev–Trinajstić information content (AvgIpc) is 3.05. The average molecular weight is 334 g/mol. The number of fused-ring (bicyclic) bond motifs is 1. The molecule has 1 amide bonds. The summed E-state index contributed by atoms with van der Waals surface area (Å²) in [6, 6.07) is 0.0694. The van der Waals surface area contributed by atoms with Crippen molar-refractivity contribution in [3.05, 3.63) is 0 Å². The molecule has 124 valence electrons. The number of aliphatic imine (C=N–C) groups is 1. The van der Waals surface area contributed by atoms with E-state index in [1.54, 1.807) is 0 Å². The highest BCUT2D eigenvalue weighted by molar-refractivity contribution is 8.14. The molecule has 3 nitrogen and oxygen atoms in total. The van der Waals surface area contributed by atoms with Crippen LogP contribution in [0.3, 0.4) is 0 Å². The Morgan fingerprint density at radius 2 is 1.68 bits per heavy atom. The summed E-state index contributed by atoms with van der Waals surface area (Å²) in [4.78, 5) is 15.3. The molecule has 3 unspecified atom stereocenters. The van der Waals surface area contributed by atoms with E-state index < -0.39 is 12.1 Å². The molecule has 0 aromatic rings. The number of thioether (sulfide) groups is 1. The van der Waals surface area contributed by atoms with Crippen molar-refractivity contribution in [1.29, 1.82) is 0 Å². The lowest BCUT2D eigenvalue weighted by Gasteiger charge is -2.21. The van der Waals surface area contributed by atoms with Gasteiger partial charge in [-0.2, -0.15) is 13.2 Å². The molecule has 22 heavy (non-hydrogen) atoms. The van der Waals surface area contributed by atoms with Gasteiger partial charge in [0.05, 0.1) is 6.04 Å². The molecule has 3 atom stereocenters. The molecule has 2 aliphatic carbocycles. The van der Waals surface area contributed by atoms with Crippen LogP contribution in [0, 0.1) is 11.8 Å². The Morgan fingerprint density at radius 3 is 2.36 bits per heavy atom. The Balaban J connectivity index is 1.56. The predicted octanol–water partition coefficient (Wildman–Crippen LogP) is 3.89. The maximum Gasteiger partial charge on any atom is 0.471 e. The van der Waals surface area contributed by atoms with Crippen molar-refractivity contribution in [2.75, 3.05) is 0 Å². The SMILES string of the molecule is O=C(NC1=NC2CCC(C3CCCC3)CCC2S1)C(F)(F)F. The molecule has 3 aliphatic rings. The van der Waals surface area contributed by atoms with E-state index >= 15 is 0 Å². The van der Waals surface area contributed by atoms with E-state index in [2.05, 4.69) is 4.99 Å². The van der Waals surface area contributed by atoms with Gasteiger partial charge in [-0.15, -0.1) is 0 Å². The van der Waals surface area contributed by atoms with E-state index in [-0.39, 0.29) is 16.5 Å². The standard InChI is InChI=1S/C15H21F3N2OS/c16-15(17,18)13(21)20-14-19-11-7-5-10(6-8-12(11)22-14)9-3-1-2-4-9/h9-12H,1-8H2,(H,19,20,21). The molecule has 3 rings (SSSR count). The van der Waals surface area contributed by atoms with Crippen LogP contribution in [0.4, 0.5) is 13.2 Å². The monoisotopic (exact) mass is 334 g/mol. The number of rotatable bonds is 1. The number of carbonyl (C=O) groups excluding carboxylic acids is 1. The van der Waals surface area contributed by atoms with Gasteiger partial charge in [0.15, 0.2) is 5.17 Å². The second-order valence-electron chi connectivity index (χ2n) is 6.57. The molecule has 0 bridgehead atoms. The zero-order valence-corrected chi connectivity index (χ0v) is 13.2. The summed E-state index contributed by atoms with van der Waals surface area (Å²) in [7, 11) is 0. The first kappa shape index (κ1) is 16.1. The van der Waals surface area contributed by atoms with Crippen LogP contribution >= 0.6 is 11.8 Å². The quantitative estimate of drug-likeness (QED) is 0.790. The Labute approximate surface area is 132 Å². The lowest BCUT2D eigenvalue weighted by Crippen LogP contribution is -2.39. The number of hydrogen-bond donors (Lipinski definition) is 1. The summed E-state index contributed by atoms with van der Waals surface area (Å²) in [6.45, 7) is 0. The molecule has 1 aliphatic heterocycles. The van der Waals surface area contributed by atoms with Crippen molar-refractivity contribution in [2.45, 2.75) is 68.8 Å². The molecule has 0 aromatic heterocycles. The fourth-order valence-corrected chi connectivity index (χ4v) is 5.27. The van der Waals surface area contributed by atoms with E-state index in [1.807, 2.05) is 5.32 Å². The number of nitrogens with zero attached hydrogens (tertiary/aromatic N) is 1. The normalized spacial score (nSPS) is 33.2. The molecule has 0 radical (unpaired) electrons. The second kappa shape index (κ2) is 6.42. The van der Waals surface area contributed by atoms with E-state index in [1.165, 1.54) is 37.4 Å². The topological polar surface area (TPSA) is 41.5 Å². The Bertz CT molecular complexity index is 460. The van der Waals surface area contributed by atoms with Crippen LogP contribution in [0.15, 0.2) is 4.99 Å². The highest BCUT2D eigenvalue weighted by atomic mass is 32.2. The van der Waals surface area contributed by atoms with Gasteiger partial charge in [-0.1, -0.05) is 37.4 Å². The van der Waals surface area contributed by atoms with Crippen LogP contribution in [0.25, 0.3) is 0 Å². The van der Waals surface area contributed by atoms with Crippen LogP contribution in [-0.4, -0.2) is 28.5 Å². The summed E-state index contributed by atoms with van der Waals surface area (Å²) < 4.78 is 36.9. The van der Waals surface area contributed by atoms with E-state index in [0.717, 1.165) is 37.5 Å². The van der Waals surface area contributed by atoms with Crippen LogP contribution in [0.2, 0.25) is 0 Å². The van der Waals surface area contributed by atoms with Crippen molar-refractivity contribution in [2.24, 2.45) is 16.8 Å². The first-order valence-corrected chi connectivity index (χ1v) is 8.94. The third kappa shape index (κ3) is 3.60. The number of alkyl halides is 3. The third-order valence-corrected chi connectivity index (χ3v) is 6.46. The third-order valence-electron chi connectivity index (χ3n) is 5.17. The van der Waals surface area contributed by atoms with Gasteiger partial charge in [0.1, 0.15) is 0 Å². The lowest BCUT2D eigenvalue weighted by molar-refractivity contribution is -0.171. The minimum Gasteiger partial charge on any atom is -0.298 e. The van der Waals surface area contributed by atoms with Crippen LogP contribution < -0.4 is 5.32 Å². The highest BCUT2D eigenvalue weighted by Crippen LogP contribution is 2.43. The van der Waals surface area contributed by atoms with E-state index in [4.69, 9.17) is 0 Å². The fourth-order valence-electron chi connectivity index (χ4n) is 4.03. The summed E-state index contributed by atoms with van der Waals surface area (Å²) in [6.07, 6.45) is 4.71. The number of halogens is 3. The van der Waals surface area contributed by atoms with Gasteiger partial charge in [-0.05, 0) is 37.5 Å². The van der Waals surface area contributed by atoms with E-state index in [9.17, 15) is 18.0 Å². The van der Waals surface area contributed by atoms with Crippen molar-refractivity contribution >= 4 is 22.8 Å². The molecular weight excluding hydrogens is 313 g/mol. The van der Waals surface area contributed by atoms with Gasteiger partial charge >= 0.3 is 12.1 Å². The first-order valence-electron chi connectivity index (χ1n) is 8.06. The van der Waals surface area contributed by atoms with Gasteiger partial charge < -0.3 is 0 Å². The van der Waals surface area contributed by atoms with Crippen LogP contribution in [-0.2, 0) is 4.79 Å². The minimum absolute atomic E-state index is 0.0694. The Hall–Kier alpha value is -0.720. The second-order valence-corrected chi connectivity index (χ2v) is 7.80. The van der Waals surface area contributed by atoms with Gasteiger partial charge in [-0.25, -0.2) is 0 Å². The molecule has 1 N–H and O–H groups in total. The van der Waals surface area contributed by atoms with Gasteiger partial charge in [0.2, 0.25) is 0 Å². The number of carbonyl (C=O) groups is 1. The molecule has 0 aromatic carbocycles. The highest BCUT2D eigenvalue weighted by Gasteiger charge is 2.42. The molecule has 2 fully saturated rings. The summed E-state index contributed by atoms with van der Waals surface area (Å²) in [5.41, 5.74) is 0. The molecule has 0 saturated heterocycles. The van der Waals surface area contributed by atoms with Crippen LogP contribution in [0.1, 0.15) is 51.4 Å². The lowest BCUT2D eigenvalue weighted by atomic mass is 9.85. The van der Waals surface area contributed by atoms with E-state index in [0.29, 0.717) is 0 Å². The van der Waals surface area contributed by atoms with Crippen molar-refractivity contribution < 1.29 is 18.0 Å². The zero-order chi connectivity index (χ0) is 15.7. The van der Waals surface area contributed by atoms with Crippen molar-refractivity contribution in [3.63, 3.8) is 0 Å². The van der Waals surface area contributed by atoms with Crippen molar-refractivity contribution in [3.8, 4) is 0 Å². The molecule has 7 heteroatoms. The fraction of sp³-hybridized carbons (Fsp3) is 0.867. The smallest absolute Gasteiger partial charge is 0.298 e. The molecule has 1 heterocycles. The summed E-state index contributed by atoms with van der Waals surface area (Å²) >= 11 is 1.31.